The van der Waals surface area contributed by atoms with Gasteiger partial charge in [-0.1, -0.05) is 12.1 Å². The molecule has 1 heterocycles. The zero-order valence-corrected chi connectivity index (χ0v) is 15.2. The largest absolute Gasteiger partial charge is 0.497 e. The quantitative estimate of drug-likeness (QED) is 0.671. The van der Waals surface area contributed by atoms with Crippen molar-refractivity contribution in [2.24, 2.45) is 0 Å². The second kappa shape index (κ2) is 8.37. The Morgan fingerprint density at radius 2 is 1.92 bits per heavy atom. The first-order valence-electron chi connectivity index (χ1n) is 8.25. The molecule has 140 valence electrons. The summed E-state index contributed by atoms with van der Waals surface area (Å²) in [7, 11) is 1.62. The fourth-order valence-corrected chi connectivity index (χ4v) is 2.37. The third-order valence-electron chi connectivity index (χ3n) is 3.80. The Kier molecular flexibility index (Phi) is 6.21. The van der Waals surface area contributed by atoms with Crippen molar-refractivity contribution in [1.29, 1.82) is 0 Å². The molecule has 2 aromatic rings. The van der Waals surface area contributed by atoms with Crippen LogP contribution in [0.5, 0.6) is 5.75 Å². The summed E-state index contributed by atoms with van der Waals surface area (Å²) in [5.41, 5.74) is 0.424. The van der Waals surface area contributed by atoms with E-state index in [2.05, 4.69) is 15.7 Å². The molecule has 0 atom stereocenters. The summed E-state index contributed by atoms with van der Waals surface area (Å²) in [4.78, 5) is 22.7. The maximum Gasteiger partial charge on any atom is 0.320 e. The summed E-state index contributed by atoms with van der Waals surface area (Å²) in [5.74, 6) is 0.321. The summed E-state index contributed by atoms with van der Waals surface area (Å²) < 4.78 is 6.84. The first-order valence-corrected chi connectivity index (χ1v) is 8.25. The van der Waals surface area contributed by atoms with Gasteiger partial charge in [0.15, 0.2) is 5.82 Å². The maximum atomic E-state index is 12.1. The smallest absolute Gasteiger partial charge is 0.320 e. The third-order valence-corrected chi connectivity index (χ3v) is 3.80. The number of carbonyl (C=O) groups excluding carboxylic acids is 1. The van der Waals surface area contributed by atoms with E-state index < -0.39 is 17.5 Å². The van der Waals surface area contributed by atoms with E-state index in [1.807, 2.05) is 24.3 Å². The van der Waals surface area contributed by atoms with Gasteiger partial charge in [0.05, 0.1) is 13.7 Å². The van der Waals surface area contributed by atoms with Crippen molar-refractivity contribution in [2.75, 3.05) is 12.4 Å². The maximum absolute atomic E-state index is 12.1. The lowest BCUT2D eigenvalue weighted by molar-refractivity contribution is -0.137. The van der Waals surface area contributed by atoms with E-state index in [1.165, 1.54) is 0 Å². The van der Waals surface area contributed by atoms with Gasteiger partial charge in [-0.3, -0.25) is 14.8 Å². The number of nitrogens with one attached hydrogen (secondary N) is 2. The van der Waals surface area contributed by atoms with Crippen molar-refractivity contribution in [1.82, 2.24) is 15.1 Å². The van der Waals surface area contributed by atoms with Crippen LogP contribution in [-0.2, 0) is 11.3 Å². The monoisotopic (exact) mass is 360 g/mol. The number of carboxylic acids is 1. The van der Waals surface area contributed by atoms with Crippen molar-refractivity contribution in [2.45, 2.75) is 38.8 Å². The number of anilines is 1. The number of hydrogen-bond donors (Lipinski definition) is 3. The second-order valence-electron chi connectivity index (χ2n) is 6.60. The number of aliphatic carboxylic acids is 1. The minimum absolute atomic E-state index is 0.0102. The first kappa shape index (κ1) is 19.3. The van der Waals surface area contributed by atoms with Crippen molar-refractivity contribution in [3.05, 3.63) is 42.1 Å². The molecule has 2 amide bonds. The van der Waals surface area contributed by atoms with Gasteiger partial charge in [-0.05, 0) is 38.0 Å². The summed E-state index contributed by atoms with van der Waals surface area (Å²) >= 11 is 0. The molecule has 1 aromatic carbocycles. The van der Waals surface area contributed by atoms with E-state index in [0.29, 0.717) is 18.8 Å². The van der Waals surface area contributed by atoms with Crippen LogP contribution in [-0.4, -0.2) is 39.5 Å². The number of carboxylic acid groups (broad SMARTS) is 1. The number of ether oxygens (including phenoxy) is 1. The number of urea groups is 1. The molecule has 8 nitrogen and oxygen atoms in total. The Morgan fingerprint density at radius 3 is 2.54 bits per heavy atom. The van der Waals surface area contributed by atoms with Crippen LogP contribution in [0.25, 0.3) is 0 Å². The van der Waals surface area contributed by atoms with Gasteiger partial charge in [0.2, 0.25) is 0 Å². The van der Waals surface area contributed by atoms with Gasteiger partial charge in [0, 0.05) is 24.2 Å². The Bertz CT molecular complexity index is 753. The van der Waals surface area contributed by atoms with Crippen LogP contribution in [0.3, 0.4) is 0 Å². The van der Waals surface area contributed by atoms with Gasteiger partial charge in [-0.15, -0.1) is 0 Å². The SMILES string of the molecule is COc1ccc(Cn2ccc(NC(=O)NC(C)(C)CCC(=O)O)n2)cc1. The number of benzene rings is 1. The topological polar surface area (TPSA) is 105 Å². The van der Waals surface area contributed by atoms with Crippen molar-refractivity contribution in [3.63, 3.8) is 0 Å². The Labute approximate surface area is 152 Å². The molecule has 8 heteroatoms. The van der Waals surface area contributed by atoms with Gasteiger partial charge in [-0.25, -0.2) is 4.79 Å². The molecule has 1 aromatic heterocycles. The van der Waals surface area contributed by atoms with Gasteiger partial charge in [-0.2, -0.15) is 5.10 Å². The van der Waals surface area contributed by atoms with E-state index in [-0.39, 0.29) is 6.42 Å². The van der Waals surface area contributed by atoms with E-state index in [9.17, 15) is 9.59 Å². The zero-order valence-electron chi connectivity index (χ0n) is 15.2. The Hall–Kier alpha value is -3.03. The van der Waals surface area contributed by atoms with Crippen molar-refractivity contribution >= 4 is 17.8 Å². The average Bonchev–Trinajstić information content (AvgIpc) is 3.00. The molecule has 0 fully saturated rings. The molecule has 0 saturated carbocycles. The second-order valence-corrected chi connectivity index (χ2v) is 6.60. The molecule has 0 aliphatic rings. The molecule has 0 saturated heterocycles. The Morgan fingerprint density at radius 1 is 1.23 bits per heavy atom. The van der Waals surface area contributed by atoms with E-state index in [0.717, 1.165) is 11.3 Å². The molecule has 3 N–H and O–H groups in total. The fourth-order valence-electron chi connectivity index (χ4n) is 2.37. The molecule has 0 aliphatic heterocycles. The minimum Gasteiger partial charge on any atom is -0.497 e. The lowest BCUT2D eigenvalue weighted by Crippen LogP contribution is -2.45. The molecule has 0 spiro atoms. The number of amides is 2. The molecule has 2 rings (SSSR count). The number of aromatic nitrogens is 2. The average molecular weight is 360 g/mol. The summed E-state index contributed by atoms with van der Waals surface area (Å²) in [6, 6.07) is 8.94. The van der Waals surface area contributed by atoms with Gasteiger partial charge >= 0.3 is 12.0 Å². The number of nitrogens with zero attached hydrogens (tertiary/aromatic N) is 2. The number of rotatable bonds is 8. The minimum atomic E-state index is -0.891. The van der Waals surface area contributed by atoms with Crippen LogP contribution < -0.4 is 15.4 Å². The van der Waals surface area contributed by atoms with Gasteiger partial charge in [0.25, 0.3) is 0 Å². The standard InChI is InChI=1S/C18H24N4O4/c1-18(2,10-8-16(23)24)20-17(25)19-15-9-11-22(21-15)12-13-4-6-14(26-3)7-5-13/h4-7,9,11H,8,10,12H2,1-3H3,(H,23,24)(H2,19,20,21,25). The molecule has 0 bridgehead atoms. The highest BCUT2D eigenvalue weighted by molar-refractivity contribution is 5.88. The van der Waals surface area contributed by atoms with Crippen LogP contribution in [0.2, 0.25) is 0 Å². The zero-order chi connectivity index (χ0) is 19.2. The molecular weight excluding hydrogens is 336 g/mol. The Balaban J connectivity index is 1.88. The molecule has 26 heavy (non-hydrogen) atoms. The van der Waals surface area contributed by atoms with Crippen LogP contribution in [0.1, 0.15) is 32.3 Å². The lowest BCUT2D eigenvalue weighted by atomic mass is 9.99. The van der Waals surface area contributed by atoms with Gasteiger partial charge < -0.3 is 15.2 Å². The van der Waals surface area contributed by atoms with Crippen LogP contribution >= 0.6 is 0 Å². The van der Waals surface area contributed by atoms with E-state index in [4.69, 9.17) is 9.84 Å². The van der Waals surface area contributed by atoms with E-state index in [1.54, 1.807) is 37.9 Å². The van der Waals surface area contributed by atoms with E-state index >= 15 is 0 Å². The van der Waals surface area contributed by atoms with Crippen LogP contribution in [0.15, 0.2) is 36.5 Å². The van der Waals surface area contributed by atoms with Crippen molar-refractivity contribution in [3.8, 4) is 5.75 Å². The molecule has 0 unspecified atom stereocenters. The highest BCUT2D eigenvalue weighted by atomic mass is 16.5. The normalized spacial score (nSPS) is 11.0. The molecular formula is C18H24N4O4. The number of hydrogen-bond acceptors (Lipinski definition) is 4. The lowest BCUT2D eigenvalue weighted by Gasteiger charge is -2.25. The van der Waals surface area contributed by atoms with Gasteiger partial charge in [0.1, 0.15) is 5.75 Å². The predicted octanol–water partition coefficient (Wildman–Crippen LogP) is 2.70. The first-order chi connectivity index (χ1) is 12.3. The summed E-state index contributed by atoms with van der Waals surface area (Å²) in [5, 5.41) is 18.5. The third kappa shape index (κ3) is 6.12. The number of carbonyl (C=O) groups is 2. The van der Waals surface area contributed by atoms with Crippen molar-refractivity contribution < 1.29 is 19.4 Å². The number of methoxy groups -OCH3 is 1. The van der Waals surface area contributed by atoms with Crippen LogP contribution in [0.4, 0.5) is 10.6 Å². The highest BCUT2D eigenvalue weighted by Gasteiger charge is 2.21. The summed E-state index contributed by atoms with van der Waals surface area (Å²) in [6.07, 6.45) is 2.10. The van der Waals surface area contributed by atoms with Crippen LogP contribution in [0, 0.1) is 0 Å². The highest BCUT2D eigenvalue weighted by Crippen LogP contribution is 2.14. The molecule has 0 radical (unpaired) electrons. The predicted molar refractivity (Wildman–Crippen MR) is 97.4 cm³/mol. The summed E-state index contributed by atoms with van der Waals surface area (Å²) in [6.45, 7) is 4.12. The molecule has 0 aliphatic carbocycles. The fraction of sp³-hybridized carbons (Fsp3) is 0.389.